The lowest BCUT2D eigenvalue weighted by Crippen LogP contribution is -2.29. The summed E-state index contributed by atoms with van der Waals surface area (Å²) >= 11 is 0.576. The second-order valence-electron chi connectivity index (χ2n) is 6.71. The van der Waals surface area contributed by atoms with E-state index in [4.69, 9.17) is 9.84 Å². The molecular weight excluding hydrogens is 434 g/mol. The van der Waals surface area contributed by atoms with E-state index in [1.54, 1.807) is 24.3 Å². The van der Waals surface area contributed by atoms with E-state index in [1.807, 2.05) is 13.8 Å². The highest BCUT2D eigenvalue weighted by Gasteiger charge is 2.24. The van der Waals surface area contributed by atoms with Gasteiger partial charge in [-0.25, -0.2) is 13.4 Å². The molecule has 0 aliphatic heterocycles. The molecule has 30 heavy (non-hydrogen) atoms. The van der Waals surface area contributed by atoms with E-state index in [9.17, 15) is 22.8 Å². The standard InChI is InChI=1S/C18H21N3O7S2/c1-10(2)9-28-13-7-5-4-6-11(13)19-15(24)16(25)21-18-20-12(8-14(22)23)17(29-18)30(3,26)27/h4-7,10H,8-9H2,1-3H3,(H,19,24)(H,22,23)(H,20,21,25). The maximum absolute atomic E-state index is 12.3. The molecule has 1 aromatic heterocycles. The van der Waals surface area contributed by atoms with Gasteiger partial charge in [-0.3, -0.25) is 19.7 Å². The van der Waals surface area contributed by atoms with Crippen molar-refractivity contribution in [2.24, 2.45) is 5.92 Å². The fourth-order valence-corrected chi connectivity index (χ4v) is 4.32. The van der Waals surface area contributed by atoms with Crippen molar-refractivity contribution in [3.05, 3.63) is 30.0 Å². The number of carbonyl (C=O) groups is 3. The van der Waals surface area contributed by atoms with Crippen molar-refractivity contribution < 1.29 is 32.6 Å². The average molecular weight is 456 g/mol. The van der Waals surface area contributed by atoms with Crippen LogP contribution in [0, 0.1) is 5.92 Å². The van der Waals surface area contributed by atoms with Crippen molar-refractivity contribution in [3.8, 4) is 5.75 Å². The van der Waals surface area contributed by atoms with Gasteiger partial charge < -0.3 is 15.2 Å². The van der Waals surface area contributed by atoms with Crippen LogP contribution in [0.3, 0.4) is 0 Å². The third-order valence-corrected chi connectivity index (χ3v) is 6.33. The molecular formula is C18H21N3O7S2. The van der Waals surface area contributed by atoms with E-state index in [2.05, 4.69) is 15.6 Å². The molecule has 0 aliphatic carbocycles. The van der Waals surface area contributed by atoms with Crippen LogP contribution in [0.4, 0.5) is 10.8 Å². The van der Waals surface area contributed by atoms with Crippen LogP contribution in [0.5, 0.6) is 5.75 Å². The van der Waals surface area contributed by atoms with Gasteiger partial charge in [0.25, 0.3) is 0 Å². The quantitative estimate of drug-likeness (QED) is 0.510. The van der Waals surface area contributed by atoms with Crippen molar-refractivity contribution >= 4 is 49.8 Å². The van der Waals surface area contributed by atoms with E-state index >= 15 is 0 Å². The van der Waals surface area contributed by atoms with Crippen molar-refractivity contribution in [1.82, 2.24) is 4.98 Å². The Kier molecular flexibility index (Phi) is 7.51. The normalized spacial score (nSPS) is 11.2. The van der Waals surface area contributed by atoms with Gasteiger partial charge in [-0.15, -0.1) is 0 Å². The Labute approximate surface area is 177 Å². The lowest BCUT2D eigenvalue weighted by molar-refractivity contribution is -0.136. The molecule has 0 bridgehead atoms. The van der Waals surface area contributed by atoms with Crippen LogP contribution in [0.25, 0.3) is 0 Å². The minimum atomic E-state index is -3.76. The van der Waals surface area contributed by atoms with Gasteiger partial charge in [0.1, 0.15) is 9.96 Å². The van der Waals surface area contributed by atoms with Crippen molar-refractivity contribution in [2.45, 2.75) is 24.5 Å². The molecule has 0 spiro atoms. The van der Waals surface area contributed by atoms with Crippen LogP contribution < -0.4 is 15.4 Å². The molecule has 0 radical (unpaired) electrons. The molecule has 0 saturated carbocycles. The van der Waals surface area contributed by atoms with Gasteiger partial charge in [-0.1, -0.05) is 37.3 Å². The number of hydrogen-bond donors (Lipinski definition) is 3. The summed E-state index contributed by atoms with van der Waals surface area (Å²) < 4.78 is 29.0. The molecule has 2 aromatic rings. The molecule has 1 heterocycles. The number of anilines is 2. The SMILES string of the molecule is CC(C)COc1ccccc1NC(=O)C(=O)Nc1nc(CC(=O)O)c(S(C)(=O)=O)s1. The molecule has 10 nitrogen and oxygen atoms in total. The summed E-state index contributed by atoms with van der Waals surface area (Å²) in [5.41, 5.74) is 0.0824. The molecule has 0 aliphatic rings. The van der Waals surface area contributed by atoms with E-state index in [-0.39, 0.29) is 21.0 Å². The highest BCUT2D eigenvalue weighted by Crippen LogP contribution is 2.28. The largest absolute Gasteiger partial charge is 0.491 e. The molecule has 3 N–H and O–H groups in total. The van der Waals surface area contributed by atoms with Crippen LogP contribution in [-0.4, -0.2) is 49.2 Å². The number of carboxylic acids is 1. The lowest BCUT2D eigenvalue weighted by atomic mass is 10.2. The van der Waals surface area contributed by atoms with Gasteiger partial charge in [-0.05, 0) is 18.1 Å². The fourth-order valence-electron chi connectivity index (χ4n) is 2.22. The lowest BCUT2D eigenvalue weighted by Gasteiger charge is -2.13. The number of nitrogens with one attached hydrogen (secondary N) is 2. The summed E-state index contributed by atoms with van der Waals surface area (Å²) in [6, 6.07) is 6.59. The van der Waals surface area contributed by atoms with Crippen molar-refractivity contribution in [3.63, 3.8) is 0 Å². The summed E-state index contributed by atoms with van der Waals surface area (Å²) in [5.74, 6) is -2.75. The van der Waals surface area contributed by atoms with Gasteiger partial charge in [0.2, 0.25) is 0 Å². The van der Waals surface area contributed by atoms with Gasteiger partial charge in [0.05, 0.1) is 24.4 Å². The monoisotopic (exact) mass is 455 g/mol. The van der Waals surface area contributed by atoms with Crippen LogP contribution in [-0.2, 0) is 30.6 Å². The number of nitrogens with zero attached hydrogens (tertiary/aromatic N) is 1. The van der Waals surface area contributed by atoms with Gasteiger partial charge in [0, 0.05) is 6.26 Å². The maximum Gasteiger partial charge on any atom is 0.315 e. The highest BCUT2D eigenvalue weighted by atomic mass is 32.2. The number of sulfone groups is 1. The number of hydrogen-bond acceptors (Lipinski definition) is 8. The van der Waals surface area contributed by atoms with Gasteiger partial charge >= 0.3 is 17.8 Å². The second kappa shape index (κ2) is 9.67. The van der Waals surface area contributed by atoms with Gasteiger partial charge in [0.15, 0.2) is 15.0 Å². The Bertz CT molecular complexity index is 1060. The number of carboxylic acid groups (broad SMARTS) is 1. The van der Waals surface area contributed by atoms with E-state index in [0.717, 1.165) is 6.26 Å². The zero-order chi connectivity index (χ0) is 22.5. The van der Waals surface area contributed by atoms with E-state index in [1.165, 1.54) is 0 Å². The number of benzene rings is 1. The Morgan fingerprint density at radius 1 is 1.17 bits per heavy atom. The first-order valence-electron chi connectivity index (χ1n) is 8.73. The fraction of sp³-hybridized carbons (Fsp3) is 0.333. The molecule has 0 unspecified atom stereocenters. The minimum Gasteiger partial charge on any atom is -0.491 e. The van der Waals surface area contributed by atoms with Gasteiger partial charge in [-0.2, -0.15) is 0 Å². The summed E-state index contributed by atoms with van der Waals surface area (Å²) in [6.07, 6.45) is 0.264. The molecule has 12 heteroatoms. The van der Waals surface area contributed by atoms with E-state index < -0.39 is 34.0 Å². The van der Waals surface area contributed by atoms with Crippen LogP contribution in [0.2, 0.25) is 0 Å². The molecule has 2 rings (SSSR count). The Morgan fingerprint density at radius 2 is 1.80 bits per heavy atom. The number of ether oxygens (including phenoxy) is 1. The van der Waals surface area contributed by atoms with Crippen LogP contribution in [0.15, 0.2) is 28.5 Å². The zero-order valence-electron chi connectivity index (χ0n) is 16.5. The molecule has 0 atom stereocenters. The molecule has 0 saturated heterocycles. The van der Waals surface area contributed by atoms with E-state index in [0.29, 0.717) is 29.4 Å². The predicted octanol–water partition coefficient (Wildman–Crippen LogP) is 1.79. The van der Waals surface area contributed by atoms with Crippen molar-refractivity contribution in [2.75, 3.05) is 23.5 Å². The second-order valence-corrected chi connectivity index (χ2v) is 9.92. The molecule has 0 fully saturated rings. The number of para-hydroxylation sites is 2. The minimum absolute atomic E-state index is 0.198. The summed E-state index contributed by atoms with van der Waals surface area (Å²) in [7, 11) is -3.76. The number of carbonyl (C=O) groups excluding carboxylic acids is 2. The number of rotatable bonds is 8. The smallest absolute Gasteiger partial charge is 0.315 e. The predicted molar refractivity (Wildman–Crippen MR) is 111 cm³/mol. The van der Waals surface area contributed by atoms with Crippen LogP contribution in [0.1, 0.15) is 19.5 Å². The molecule has 2 amide bonds. The first kappa shape index (κ1) is 23.3. The third-order valence-electron chi connectivity index (χ3n) is 3.45. The first-order valence-corrected chi connectivity index (χ1v) is 11.4. The Morgan fingerprint density at radius 3 is 2.40 bits per heavy atom. The van der Waals surface area contributed by atoms with Crippen molar-refractivity contribution in [1.29, 1.82) is 0 Å². The third kappa shape index (κ3) is 6.52. The number of aliphatic carboxylic acids is 1. The number of aromatic nitrogens is 1. The van der Waals surface area contributed by atoms with Crippen LogP contribution >= 0.6 is 11.3 Å². The number of amides is 2. The average Bonchev–Trinajstić information content (AvgIpc) is 3.02. The summed E-state index contributed by atoms with van der Waals surface area (Å²) in [5, 5.41) is 13.3. The Balaban J connectivity index is 2.14. The number of thiazole rings is 1. The maximum atomic E-state index is 12.3. The topological polar surface area (TPSA) is 152 Å². The summed E-state index contributed by atoms with van der Waals surface area (Å²) in [4.78, 5) is 39.2. The Hall–Kier alpha value is -2.99. The first-order chi connectivity index (χ1) is 14.0. The molecule has 1 aromatic carbocycles. The highest BCUT2D eigenvalue weighted by molar-refractivity contribution is 7.92. The molecule has 162 valence electrons. The summed E-state index contributed by atoms with van der Waals surface area (Å²) in [6.45, 7) is 4.34. The zero-order valence-corrected chi connectivity index (χ0v) is 18.1.